The zero-order chi connectivity index (χ0) is 20.3. The summed E-state index contributed by atoms with van der Waals surface area (Å²) in [4.78, 5) is 9.67. The topological polar surface area (TPSA) is 69.3 Å². The first-order valence-corrected chi connectivity index (χ1v) is 11.7. The van der Waals surface area contributed by atoms with Crippen molar-refractivity contribution in [3.63, 3.8) is 0 Å². The fourth-order valence-electron chi connectivity index (χ4n) is 3.96. The first-order valence-electron chi connectivity index (χ1n) is 9.81. The van der Waals surface area contributed by atoms with E-state index in [9.17, 15) is 8.42 Å². The first-order chi connectivity index (χ1) is 14.0. The first kappa shape index (κ1) is 19.7. The number of anilines is 1. The third-order valence-corrected chi connectivity index (χ3v) is 6.69. The lowest BCUT2D eigenvalue weighted by molar-refractivity contribution is 0.373. The molecule has 2 aromatic carbocycles. The Balaban J connectivity index is 1.70. The largest absolute Gasteiger partial charge is 0.361 e. The van der Waals surface area contributed by atoms with Crippen molar-refractivity contribution in [3.05, 3.63) is 83.9 Å². The second-order valence-electron chi connectivity index (χ2n) is 7.57. The van der Waals surface area contributed by atoms with Crippen LogP contribution >= 0.6 is 0 Å². The zero-order valence-electron chi connectivity index (χ0n) is 16.5. The molecule has 1 atom stereocenters. The number of hydrogen-bond donors (Lipinski definition) is 1. The number of sulfonamides is 1. The summed E-state index contributed by atoms with van der Waals surface area (Å²) >= 11 is 0. The molecule has 0 saturated carbocycles. The standard InChI is InChI=1S/C22H26N4O2S/c1-29(27,28)25-14-19-9-5-6-10-22(19)26(15-20-13-23-17-24-20)21(16-25)12-11-18-7-3-2-4-8-18/h2-10,13,17,21H,11-12,14-16H2,1H3,(H,23,24)/t21-/m1/s1. The van der Waals surface area contributed by atoms with Crippen LogP contribution in [0.15, 0.2) is 67.1 Å². The number of fused-ring (bicyclic) bond motifs is 1. The van der Waals surface area contributed by atoms with E-state index in [-0.39, 0.29) is 6.04 Å². The van der Waals surface area contributed by atoms with Crippen LogP contribution in [0.2, 0.25) is 0 Å². The summed E-state index contributed by atoms with van der Waals surface area (Å²) in [5.41, 5.74) is 4.39. The van der Waals surface area contributed by atoms with E-state index in [2.05, 4.69) is 33.1 Å². The molecular weight excluding hydrogens is 384 g/mol. The molecule has 0 fully saturated rings. The second kappa shape index (κ2) is 8.39. The molecule has 0 unspecified atom stereocenters. The minimum Gasteiger partial charge on any atom is -0.361 e. The summed E-state index contributed by atoms with van der Waals surface area (Å²) in [7, 11) is -3.31. The molecule has 1 aliphatic rings. The number of aromatic nitrogens is 2. The van der Waals surface area contributed by atoms with Gasteiger partial charge in [-0.25, -0.2) is 13.4 Å². The van der Waals surface area contributed by atoms with Gasteiger partial charge in [0.1, 0.15) is 0 Å². The van der Waals surface area contributed by atoms with Crippen LogP contribution in [0.3, 0.4) is 0 Å². The number of nitrogens with one attached hydrogen (secondary N) is 1. The fourth-order valence-corrected chi connectivity index (χ4v) is 4.77. The fraction of sp³-hybridized carbons (Fsp3) is 0.318. The highest BCUT2D eigenvalue weighted by Crippen LogP contribution is 2.31. The molecule has 0 radical (unpaired) electrons. The number of para-hydroxylation sites is 1. The number of nitrogens with zero attached hydrogens (tertiary/aromatic N) is 3. The summed E-state index contributed by atoms with van der Waals surface area (Å²) in [5, 5.41) is 0. The average molecular weight is 411 g/mol. The van der Waals surface area contributed by atoms with Gasteiger partial charge in [0, 0.05) is 31.0 Å². The van der Waals surface area contributed by atoms with Gasteiger partial charge in [-0.1, -0.05) is 48.5 Å². The molecular formula is C22H26N4O2S. The Labute approximate surface area is 172 Å². The number of aromatic amines is 1. The third kappa shape index (κ3) is 4.68. The van der Waals surface area contributed by atoms with Crippen molar-refractivity contribution < 1.29 is 8.42 Å². The maximum atomic E-state index is 12.5. The lowest BCUT2D eigenvalue weighted by Gasteiger charge is -2.33. The van der Waals surface area contributed by atoms with Gasteiger partial charge >= 0.3 is 0 Å². The zero-order valence-corrected chi connectivity index (χ0v) is 17.3. The van der Waals surface area contributed by atoms with Crippen LogP contribution in [0.4, 0.5) is 5.69 Å². The van der Waals surface area contributed by atoms with Crippen LogP contribution in [0.5, 0.6) is 0 Å². The Morgan fingerprint density at radius 2 is 1.86 bits per heavy atom. The summed E-state index contributed by atoms with van der Waals surface area (Å²) in [5.74, 6) is 0. The van der Waals surface area contributed by atoms with Crippen molar-refractivity contribution >= 4 is 15.7 Å². The number of rotatable bonds is 6. The van der Waals surface area contributed by atoms with Gasteiger partial charge in [0.05, 0.1) is 24.8 Å². The maximum absolute atomic E-state index is 12.5. The number of benzene rings is 2. The molecule has 0 aliphatic carbocycles. The van der Waals surface area contributed by atoms with Crippen molar-refractivity contribution in [2.24, 2.45) is 0 Å². The SMILES string of the molecule is CS(=O)(=O)N1Cc2ccccc2N(Cc2cnc[nH]2)[C@H](CCc2ccccc2)C1. The lowest BCUT2D eigenvalue weighted by atomic mass is 10.0. The van der Waals surface area contributed by atoms with Gasteiger partial charge in [-0.3, -0.25) is 0 Å². The average Bonchev–Trinajstić information content (AvgIpc) is 3.16. The van der Waals surface area contributed by atoms with Gasteiger partial charge in [-0.15, -0.1) is 0 Å². The molecule has 29 heavy (non-hydrogen) atoms. The van der Waals surface area contributed by atoms with Gasteiger partial charge in [0.15, 0.2) is 0 Å². The molecule has 1 N–H and O–H groups in total. The van der Waals surface area contributed by atoms with E-state index in [0.29, 0.717) is 19.6 Å². The summed E-state index contributed by atoms with van der Waals surface area (Å²) < 4.78 is 26.6. The molecule has 7 heteroatoms. The van der Waals surface area contributed by atoms with Crippen LogP contribution < -0.4 is 4.90 Å². The van der Waals surface area contributed by atoms with Crippen LogP contribution in [0.25, 0.3) is 0 Å². The number of H-pyrrole nitrogens is 1. The second-order valence-corrected chi connectivity index (χ2v) is 9.55. The van der Waals surface area contributed by atoms with Crippen molar-refractivity contribution in [2.45, 2.75) is 32.0 Å². The van der Waals surface area contributed by atoms with Crippen molar-refractivity contribution in [3.8, 4) is 0 Å². The van der Waals surface area contributed by atoms with Gasteiger partial charge < -0.3 is 9.88 Å². The summed E-state index contributed by atoms with van der Waals surface area (Å²) in [6, 6.07) is 18.5. The molecule has 0 bridgehead atoms. The molecule has 152 valence electrons. The predicted molar refractivity (Wildman–Crippen MR) is 115 cm³/mol. The normalized spacial score (nSPS) is 17.7. The predicted octanol–water partition coefficient (Wildman–Crippen LogP) is 3.19. The minimum atomic E-state index is -3.31. The Hall–Kier alpha value is -2.64. The highest BCUT2D eigenvalue weighted by Gasteiger charge is 2.31. The van der Waals surface area contributed by atoms with Gasteiger partial charge in [-0.05, 0) is 30.0 Å². The quantitative estimate of drug-likeness (QED) is 0.678. The molecule has 3 aromatic rings. The Kier molecular flexibility index (Phi) is 5.69. The van der Waals surface area contributed by atoms with E-state index >= 15 is 0 Å². The van der Waals surface area contributed by atoms with E-state index in [0.717, 1.165) is 29.8 Å². The highest BCUT2D eigenvalue weighted by molar-refractivity contribution is 7.88. The molecule has 6 nitrogen and oxygen atoms in total. The van der Waals surface area contributed by atoms with E-state index in [1.165, 1.54) is 11.8 Å². The number of hydrogen-bond acceptors (Lipinski definition) is 4. The molecule has 1 aliphatic heterocycles. The van der Waals surface area contributed by atoms with E-state index < -0.39 is 10.0 Å². The van der Waals surface area contributed by atoms with Crippen LogP contribution in [-0.2, 0) is 29.5 Å². The van der Waals surface area contributed by atoms with E-state index in [1.807, 2.05) is 42.6 Å². The van der Waals surface area contributed by atoms with E-state index in [4.69, 9.17) is 0 Å². The Bertz CT molecular complexity index is 1040. The summed E-state index contributed by atoms with van der Waals surface area (Å²) in [6.45, 7) is 1.53. The lowest BCUT2D eigenvalue weighted by Crippen LogP contribution is -2.43. The van der Waals surface area contributed by atoms with Crippen LogP contribution in [-0.4, -0.2) is 41.5 Å². The van der Waals surface area contributed by atoms with Crippen LogP contribution in [0, 0.1) is 0 Å². The van der Waals surface area contributed by atoms with E-state index in [1.54, 1.807) is 10.6 Å². The van der Waals surface area contributed by atoms with Crippen molar-refractivity contribution in [1.82, 2.24) is 14.3 Å². The van der Waals surface area contributed by atoms with Gasteiger partial charge in [-0.2, -0.15) is 4.31 Å². The van der Waals surface area contributed by atoms with Gasteiger partial charge in [0.2, 0.25) is 10.0 Å². The highest BCUT2D eigenvalue weighted by atomic mass is 32.2. The molecule has 2 heterocycles. The Morgan fingerprint density at radius 3 is 2.59 bits per heavy atom. The third-order valence-electron chi connectivity index (χ3n) is 5.48. The smallest absolute Gasteiger partial charge is 0.211 e. The summed E-state index contributed by atoms with van der Waals surface area (Å²) in [6.07, 6.45) is 6.56. The molecule has 0 spiro atoms. The van der Waals surface area contributed by atoms with Crippen molar-refractivity contribution in [2.75, 3.05) is 17.7 Å². The molecule has 0 amide bonds. The minimum absolute atomic E-state index is 0.0527. The van der Waals surface area contributed by atoms with Gasteiger partial charge in [0.25, 0.3) is 0 Å². The monoisotopic (exact) mass is 410 g/mol. The number of aryl methyl sites for hydroxylation is 1. The number of imidazole rings is 1. The molecule has 0 saturated heterocycles. The van der Waals surface area contributed by atoms with Crippen molar-refractivity contribution in [1.29, 1.82) is 0 Å². The maximum Gasteiger partial charge on any atom is 0.211 e. The Morgan fingerprint density at radius 1 is 1.10 bits per heavy atom. The molecule has 1 aromatic heterocycles. The van der Waals surface area contributed by atoms with Crippen LogP contribution in [0.1, 0.15) is 23.2 Å². The molecule has 4 rings (SSSR count).